The van der Waals surface area contributed by atoms with E-state index in [1.807, 2.05) is 6.92 Å². The average Bonchev–Trinajstić information content (AvgIpc) is 2.39. The van der Waals surface area contributed by atoms with Crippen molar-refractivity contribution in [2.45, 2.75) is 13.5 Å². The lowest BCUT2D eigenvalue weighted by molar-refractivity contribution is 0.0697. The summed E-state index contributed by atoms with van der Waals surface area (Å²) in [6.45, 7) is 2.35. The molecule has 2 rings (SSSR count). The van der Waals surface area contributed by atoms with Crippen molar-refractivity contribution in [2.24, 2.45) is 0 Å². The fraction of sp³-hybridized carbons (Fsp3) is 0.143. The highest BCUT2D eigenvalue weighted by Gasteiger charge is 2.05. The first-order chi connectivity index (χ1) is 9.06. The number of rotatable bonds is 4. The standard InChI is InChI=1S/C14H14N2O3/c1-9-6-10(14(18)19)2-5-13(9)16-7-11-3-4-12(17)8-15-11/h2-6,8,16-17H,7H2,1H3,(H,18,19). The molecule has 0 unspecified atom stereocenters. The van der Waals surface area contributed by atoms with Crippen molar-refractivity contribution >= 4 is 11.7 Å². The third-order valence-electron chi connectivity index (χ3n) is 2.74. The zero-order valence-corrected chi connectivity index (χ0v) is 10.4. The lowest BCUT2D eigenvalue weighted by Gasteiger charge is -2.09. The molecule has 0 amide bonds. The third kappa shape index (κ3) is 3.22. The fourth-order valence-electron chi connectivity index (χ4n) is 1.70. The van der Waals surface area contributed by atoms with Crippen molar-refractivity contribution in [3.8, 4) is 5.75 Å². The van der Waals surface area contributed by atoms with Gasteiger partial charge in [0.2, 0.25) is 0 Å². The van der Waals surface area contributed by atoms with Gasteiger partial charge >= 0.3 is 5.97 Å². The Morgan fingerprint density at radius 1 is 1.32 bits per heavy atom. The molecule has 1 aromatic heterocycles. The Labute approximate surface area is 110 Å². The number of aromatic carboxylic acids is 1. The predicted octanol–water partition coefficient (Wildman–Crippen LogP) is 2.41. The Morgan fingerprint density at radius 3 is 2.68 bits per heavy atom. The van der Waals surface area contributed by atoms with Crippen LogP contribution in [0, 0.1) is 6.92 Å². The van der Waals surface area contributed by atoms with E-state index in [2.05, 4.69) is 10.3 Å². The van der Waals surface area contributed by atoms with Gasteiger partial charge in [0.15, 0.2) is 0 Å². The van der Waals surface area contributed by atoms with Gasteiger partial charge in [-0.05, 0) is 42.8 Å². The van der Waals surface area contributed by atoms with Crippen molar-refractivity contribution in [3.05, 3.63) is 53.3 Å². The number of benzene rings is 1. The van der Waals surface area contributed by atoms with E-state index in [4.69, 9.17) is 10.2 Å². The Hall–Kier alpha value is -2.56. The van der Waals surface area contributed by atoms with E-state index in [0.29, 0.717) is 6.54 Å². The van der Waals surface area contributed by atoms with Gasteiger partial charge in [-0.15, -0.1) is 0 Å². The minimum absolute atomic E-state index is 0.130. The SMILES string of the molecule is Cc1cc(C(=O)O)ccc1NCc1ccc(O)cn1. The van der Waals surface area contributed by atoms with E-state index >= 15 is 0 Å². The maximum Gasteiger partial charge on any atom is 0.335 e. The summed E-state index contributed by atoms with van der Waals surface area (Å²) in [4.78, 5) is 14.9. The largest absolute Gasteiger partial charge is 0.506 e. The number of aromatic nitrogens is 1. The molecule has 0 atom stereocenters. The molecule has 5 nitrogen and oxygen atoms in total. The lowest BCUT2D eigenvalue weighted by atomic mass is 10.1. The van der Waals surface area contributed by atoms with Crippen LogP contribution in [-0.2, 0) is 6.54 Å². The minimum Gasteiger partial charge on any atom is -0.506 e. The molecule has 0 saturated heterocycles. The van der Waals surface area contributed by atoms with Crippen molar-refractivity contribution in [1.82, 2.24) is 4.98 Å². The maximum atomic E-state index is 10.8. The van der Waals surface area contributed by atoms with E-state index in [0.717, 1.165) is 16.9 Å². The number of nitrogens with zero attached hydrogens (tertiary/aromatic N) is 1. The summed E-state index contributed by atoms with van der Waals surface area (Å²) in [6.07, 6.45) is 1.39. The first-order valence-electron chi connectivity index (χ1n) is 5.78. The van der Waals surface area contributed by atoms with E-state index in [-0.39, 0.29) is 11.3 Å². The zero-order chi connectivity index (χ0) is 13.8. The second kappa shape index (κ2) is 5.39. The van der Waals surface area contributed by atoms with Gasteiger partial charge in [-0.25, -0.2) is 4.79 Å². The van der Waals surface area contributed by atoms with Crippen LogP contribution in [-0.4, -0.2) is 21.2 Å². The molecule has 0 bridgehead atoms. The first kappa shape index (κ1) is 12.9. The fourth-order valence-corrected chi connectivity index (χ4v) is 1.70. The van der Waals surface area contributed by atoms with Crippen molar-refractivity contribution < 1.29 is 15.0 Å². The first-order valence-corrected chi connectivity index (χ1v) is 5.78. The smallest absolute Gasteiger partial charge is 0.335 e. The molecular weight excluding hydrogens is 244 g/mol. The maximum absolute atomic E-state index is 10.8. The highest BCUT2D eigenvalue weighted by Crippen LogP contribution is 2.17. The molecule has 3 N–H and O–H groups in total. The Morgan fingerprint density at radius 2 is 2.11 bits per heavy atom. The Bertz CT molecular complexity index is 594. The van der Waals surface area contributed by atoms with Gasteiger partial charge in [-0.2, -0.15) is 0 Å². The summed E-state index contributed by atoms with van der Waals surface area (Å²) in [5.74, 6) is -0.805. The van der Waals surface area contributed by atoms with Crippen LogP contribution >= 0.6 is 0 Å². The summed E-state index contributed by atoms with van der Waals surface area (Å²) >= 11 is 0. The Balaban J connectivity index is 2.07. The molecular formula is C14H14N2O3. The Kier molecular flexibility index (Phi) is 3.66. The van der Waals surface area contributed by atoms with Crippen molar-refractivity contribution in [3.63, 3.8) is 0 Å². The highest BCUT2D eigenvalue weighted by molar-refractivity contribution is 5.88. The van der Waals surface area contributed by atoms with E-state index in [1.165, 1.54) is 6.20 Å². The predicted molar refractivity (Wildman–Crippen MR) is 71.4 cm³/mol. The quantitative estimate of drug-likeness (QED) is 0.784. The molecule has 0 spiro atoms. The van der Waals surface area contributed by atoms with Gasteiger partial charge in [-0.3, -0.25) is 4.98 Å². The number of carboxylic acid groups (broad SMARTS) is 1. The van der Waals surface area contributed by atoms with Crippen molar-refractivity contribution in [2.75, 3.05) is 5.32 Å². The van der Waals surface area contributed by atoms with Crippen LogP contribution < -0.4 is 5.32 Å². The van der Waals surface area contributed by atoms with Crippen LogP contribution in [0.15, 0.2) is 36.5 Å². The summed E-state index contributed by atoms with van der Waals surface area (Å²) in [5.41, 5.74) is 2.78. The number of hydrogen-bond acceptors (Lipinski definition) is 4. The van der Waals surface area contributed by atoms with Crippen LogP contribution in [0.4, 0.5) is 5.69 Å². The topological polar surface area (TPSA) is 82.5 Å². The number of hydrogen-bond donors (Lipinski definition) is 3. The molecule has 0 aliphatic carbocycles. The minimum atomic E-state index is -0.935. The summed E-state index contributed by atoms with van der Waals surface area (Å²) in [6, 6.07) is 8.21. The van der Waals surface area contributed by atoms with Gasteiger partial charge in [-0.1, -0.05) is 0 Å². The van der Waals surface area contributed by atoms with E-state index < -0.39 is 5.97 Å². The number of pyridine rings is 1. The number of nitrogens with one attached hydrogen (secondary N) is 1. The molecule has 2 aromatic rings. The van der Waals surface area contributed by atoms with Gasteiger partial charge in [0.05, 0.1) is 24.0 Å². The average molecular weight is 258 g/mol. The molecule has 0 aliphatic rings. The summed E-state index contributed by atoms with van der Waals surface area (Å²) in [5, 5.41) is 21.2. The van der Waals surface area contributed by atoms with Crippen LogP contribution in [0.25, 0.3) is 0 Å². The van der Waals surface area contributed by atoms with Crippen molar-refractivity contribution in [1.29, 1.82) is 0 Å². The molecule has 0 radical (unpaired) electrons. The number of carboxylic acids is 1. The zero-order valence-electron chi connectivity index (χ0n) is 10.4. The number of aryl methyl sites for hydroxylation is 1. The van der Waals surface area contributed by atoms with Crippen LogP contribution in [0.1, 0.15) is 21.6 Å². The molecule has 5 heteroatoms. The van der Waals surface area contributed by atoms with Gasteiger partial charge < -0.3 is 15.5 Å². The van der Waals surface area contributed by atoms with Gasteiger partial charge in [0.1, 0.15) is 5.75 Å². The number of aromatic hydroxyl groups is 1. The molecule has 1 heterocycles. The molecule has 0 aliphatic heterocycles. The third-order valence-corrected chi connectivity index (χ3v) is 2.74. The number of anilines is 1. The summed E-state index contributed by atoms with van der Waals surface area (Å²) in [7, 11) is 0. The molecule has 1 aromatic carbocycles. The van der Waals surface area contributed by atoms with E-state index in [9.17, 15) is 4.79 Å². The second-order valence-corrected chi connectivity index (χ2v) is 4.20. The molecule has 0 saturated carbocycles. The normalized spacial score (nSPS) is 10.2. The van der Waals surface area contributed by atoms with E-state index in [1.54, 1.807) is 30.3 Å². The van der Waals surface area contributed by atoms with Crippen LogP contribution in [0.5, 0.6) is 5.75 Å². The molecule has 0 fully saturated rings. The number of carbonyl (C=O) groups is 1. The van der Waals surface area contributed by atoms with Crippen LogP contribution in [0.3, 0.4) is 0 Å². The van der Waals surface area contributed by atoms with Crippen LogP contribution in [0.2, 0.25) is 0 Å². The van der Waals surface area contributed by atoms with Gasteiger partial charge in [0.25, 0.3) is 0 Å². The van der Waals surface area contributed by atoms with Gasteiger partial charge in [0, 0.05) is 5.69 Å². The second-order valence-electron chi connectivity index (χ2n) is 4.20. The molecule has 98 valence electrons. The summed E-state index contributed by atoms with van der Waals surface area (Å²) < 4.78 is 0. The lowest BCUT2D eigenvalue weighted by Crippen LogP contribution is -2.04. The monoisotopic (exact) mass is 258 g/mol. The molecule has 19 heavy (non-hydrogen) atoms. The highest BCUT2D eigenvalue weighted by atomic mass is 16.4.